The zero-order valence-corrected chi connectivity index (χ0v) is 12.1. The Bertz CT molecular complexity index is 655. The molecule has 0 unspecified atom stereocenters. The lowest BCUT2D eigenvalue weighted by Gasteiger charge is -2.24. The summed E-state index contributed by atoms with van der Waals surface area (Å²) in [6.45, 7) is 5.19. The molecule has 0 bridgehead atoms. The molecule has 0 saturated heterocycles. The molecule has 0 radical (unpaired) electrons. The van der Waals surface area contributed by atoms with E-state index in [0.29, 0.717) is 12.1 Å². The van der Waals surface area contributed by atoms with Gasteiger partial charge in [0.2, 0.25) is 0 Å². The molecule has 1 N–H and O–H groups in total. The highest BCUT2D eigenvalue weighted by molar-refractivity contribution is 5.89. The molecule has 4 heteroatoms. The monoisotopic (exact) mass is 287 g/mol. The first kappa shape index (κ1) is 15.0. The van der Waals surface area contributed by atoms with Crippen LogP contribution in [-0.4, -0.2) is 17.6 Å². The zero-order valence-electron chi connectivity index (χ0n) is 12.1. The van der Waals surface area contributed by atoms with Gasteiger partial charge in [-0.2, -0.15) is 0 Å². The number of rotatable bonds is 5. The van der Waals surface area contributed by atoms with E-state index in [1.54, 1.807) is 0 Å². The summed E-state index contributed by atoms with van der Waals surface area (Å²) in [5, 5.41) is 9.21. The van der Waals surface area contributed by atoms with Gasteiger partial charge in [-0.3, -0.25) is 0 Å². The van der Waals surface area contributed by atoms with E-state index in [1.807, 2.05) is 38.1 Å². The van der Waals surface area contributed by atoms with Gasteiger partial charge in [0.15, 0.2) is 0 Å². The SMILES string of the molecule is CCN(Cc1ccc(F)cc1C(=O)O)c1cccc(C)c1. The van der Waals surface area contributed by atoms with Gasteiger partial charge in [-0.1, -0.05) is 18.2 Å². The molecule has 0 fully saturated rings. The average Bonchev–Trinajstić information content (AvgIpc) is 2.45. The largest absolute Gasteiger partial charge is 0.478 e. The molecule has 0 aliphatic rings. The number of hydrogen-bond acceptors (Lipinski definition) is 2. The summed E-state index contributed by atoms with van der Waals surface area (Å²) in [4.78, 5) is 13.3. The summed E-state index contributed by atoms with van der Waals surface area (Å²) in [5.41, 5.74) is 2.79. The fourth-order valence-corrected chi connectivity index (χ4v) is 2.30. The molecule has 0 aliphatic carbocycles. The van der Waals surface area contributed by atoms with E-state index in [-0.39, 0.29) is 5.56 Å². The Morgan fingerprint density at radius 1 is 1.24 bits per heavy atom. The molecule has 21 heavy (non-hydrogen) atoms. The predicted octanol–water partition coefficient (Wildman–Crippen LogP) is 3.86. The van der Waals surface area contributed by atoms with Crippen molar-refractivity contribution in [1.82, 2.24) is 0 Å². The molecular formula is C17H18FNO2. The van der Waals surface area contributed by atoms with Gasteiger partial charge in [-0.05, 0) is 49.2 Å². The highest BCUT2D eigenvalue weighted by atomic mass is 19.1. The Balaban J connectivity index is 2.33. The van der Waals surface area contributed by atoms with Crippen molar-refractivity contribution in [3.63, 3.8) is 0 Å². The van der Waals surface area contributed by atoms with E-state index in [0.717, 1.165) is 23.9 Å². The van der Waals surface area contributed by atoms with Crippen LogP contribution in [0.4, 0.5) is 10.1 Å². The fourth-order valence-electron chi connectivity index (χ4n) is 2.30. The third kappa shape index (κ3) is 3.60. The number of carboxylic acid groups (broad SMARTS) is 1. The lowest BCUT2D eigenvalue weighted by molar-refractivity contribution is 0.0695. The minimum absolute atomic E-state index is 0.0149. The number of carboxylic acids is 1. The lowest BCUT2D eigenvalue weighted by atomic mass is 10.1. The maximum atomic E-state index is 13.2. The highest BCUT2D eigenvalue weighted by Gasteiger charge is 2.14. The number of hydrogen-bond donors (Lipinski definition) is 1. The third-order valence-corrected chi connectivity index (χ3v) is 3.41. The second-order valence-corrected chi connectivity index (χ2v) is 4.96. The van der Waals surface area contributed by atoms with Crippen LogP contribution in [0, 0.1) is 12.7 Å². The molecule has 2 rings (SSSR count). The van der Waals surface area contributed by atoms with Crippen LogP contribution in [0.2, 0.25) is 0 Å². The first-order valence-corrected chi connectivity index (χ1v) is 6.84. The van der Waals surface area contributed by atoms with Crippen molar-refractivity contribution in [3.8, 4) is 0 Å². The van der Waals surface area contributed by atoms with E-state index >= 15 is 0 Å². The Labute approximate surface area is 123 Å². The van der Waals surface area contributed by atoms with Gasteiger partial charge in [0, 0.05) is 18.8 Å². The van der Waals surface area contributed by atoms with Gasteiger partial charge in [0.25, 0.3) is 0 Å². The summed E-state index contributed by atoms with van der Waals surface area (Å²) in [5.74, 6) is -1.64. The van der Waals surface area contributed by atoms with Gasteiger partial charge in [0.05, 0.1) is 5.56 Å². The summed E-state index contributed by atoms with van der Waals surface area (Å²) in [6, 6.07) is 11.9. The summed E-state index contributed by atoms with van der Waals surface area (Å²) in [6.07, 6.45) is 0. The van der Waals surface area contributed by atoms with Crippen molar-refractivity contribution in [1.29, 1.82) is 0 Å². The first-order valence-electron chi connectivity index (χ1n) is 6.84. The number of aromatic carboxylic acids is 1. The number of nitrogens with zero attached hydrogens (tertiary/aromatic N) is 1. The molecule has 0 heterocycles. The molecule has 0 saturated carbocycles. The van der Waals surface area contributed by atoms with E-state index in [4.69, 9.17) is 0 Å². The minimum Gasteiger partial charge on any atom is -0.478 e. The molecule has 110 valence electrons. The molecule has 0 aromatic heterocycles. The topological polar surface area (TPSA) is 40.5 Å². The fraction of sp³-hybridized carbons (Fsp3) is 0.235. The van der Waals surface area contributed by atoms with Crippen LogP contribution in [0.25, 0.3) is 0 Å². The van der Waals surface area contributed by atoms with Crippen LogP contribution in [0.3, 0.4) is 0 Å². The molecule has 2 aromatic rings. The molecule has 0 aliphatic heterocycles. The van der Waals surface area contributed by atoms with E-state index in [1.165, 1.54) is 12.1 Å². The minimum atomic E-state index is -1.11. The molecule has 3 nitrogen and oxygen atoms in total. The van der Waals surface area contributed by atoms with Gasteiger partial charge >= 0.3 is 5.97 Å². The standard InChI is InChI=1S/C17H18FNO2/c1-3-19(15-6-4-5-12(2)9-15)11-13-7-8-14(18)10-16(13)17(20)21/h4-10H,3,11H2,1-2H3,(H,20,21). The Kier molecular flexibility index (Phi) is 4.58. The summed E-state index contributed by atoms with van der Waals surface area (Å²) >= 11 is 0. The zero-order chi connectivity index (χ0) is 15.4. The number of benzene rings is 2. The second-order valence-electron chi connectivity index (χ2n) is 4.96. The molecule has 0 spiro atoms. The lowest BCUT2D eigenvalue weighted by Crippen LogP contribution is -2.23. The highest BCUT2D eigenvalue weighted by Crippen LogP contribution is 2.20. The summed E-state index contributed by atoms with van der Waals surface area (Å²) in [7, 11) is 0. The number of anilines is 1. The van der Waals surface area contributed by atoms with Crippen LogP contribution >= 0.6 is 0 Å². The van der Waals surface area contributed by atoms with Gasteiger partial charge in [0.1, 0.15) is 5.82 Å². The van der Waals surface area contributed by atoms with E-state index < -0.39 is 11.8 Å². The first-order chi connectivity index (χ1) is 10.0. The third-order valence-electron chi connectivity index (χ3n) is 3.41. The maximum Gasteiger partial charge on any atom is 0.336 e. The predicted molar refractivity (Wildman–Crippen MR) is 81.3 cm³/mol. The summed E-state index contributed by atoms with van der Waals surface area (Å²) < 4.78 is 13.2. The molecule has 0 atom stereocenters. The van der Waals surface area contributed by atoms with E-state index in [9.17, 15) is 14.3 Å². The average molecular weight is 287 g/mol. The van der Waals surface area contributed by atoms with Crippen molar-refractivity contribution >= 4 is 11.7 Å². The smallest absolute Gasteiger partial charge is 0.336 e. The van der Waals surface area contributed by atoms with E-state index in [2.05, 4.69) is 4.90 Å². The van der Waals surface area contributed by atoms with Crippen LogP contribution in [-0.2, 0) is 6.54 Å². The number of aryl methyl sites for hydroxylation is 1. The van der Waals surface area contributed by atoms with Gasteiger partial charge in [-0.25, -0.2) is 9.18 Å². The molecule has 2 aromatic carbocycles. The van der Waals surface area contributed by atoms with Crippen LogP contribution < -0.4 is 4.90 Å². The number of halogens is 1. The van der Waals surface area contributed by atoms with Crippen molar-refractivity contribution < 1.29 is 14.3 Å². The molecule has 0 amide bonds. The van der Waals surface area contributed by atoms with Gasteiger partial charge < -0.3 is 10.0 Å². The van der Waals surface area contributed by atoms with Gasteiger partial charge in [-0.15, -0.1) is 0 Å². The Morgan fingerprint density at radius 2 is 2.00 bits per heavy atom. The normalized spacial score (nSPS) is 10.4. The Hall–Kier alpha value is -2.36. The van der Waals surface area contributed by atoms with Crippen molar-refractivity contribution in [3.05, 3.63) is 65.0 Å². The Morgan fingerprint density at radius 3 is 2.62 bits per heavy atom. The van der Waals surface area contributed by atoms with Crippen LogP contribution in [0.1, 0.15) is 28.4 Å². The van der Waals surface area contributed by atoms with Crippen LogP contribution in [0.5, 0.6) is 0 Å². The maximum absolute atomic E-state index is 13.2. The van der Waals surface area contributed by atoms with Crippen molar-refractivity contribution in [2.24, 2.45) is 0 Å². The molecular weight excluding hydrogens is 269 g/mol. The quantitative estimate of drug-likeness (QED) is 0.907. The number of carbonyl (C=O) groups is 1. The second kappa shape index (κ2) is 6.39. The van der Waals surface area contributed by atoms with Crippen molar-refractivity contribution in [2.75, 3.05) is 11.4 Å². The van der Waals surface area contributed by atoms with Crippen LogP contribution in [0.15, 0.2) is 42.5 Å². The van der Waals surface area contributed by atoms with Crippen molar-refractivity contribution in [2.45, 2.75) is 20.4 Å².